The lowest BCUT2D eigenvalue weighted by molar-refractivity contribution is 0.0690. The fraction of sp³-hybridized carbons (Fsp3) is 0.389. The first kappa shape index (κ1) is 17.5. The summed E-state index contributed by atoms with van der Waals surface area (Å²) in [4.78, 5) is 26.8. The van der Waals surface area contributed by atoms with Crippen LogP contribution in [-0.2, 0) is 7.05 Å². The first-order valence-electron chi connectivity index (χ1n) is 8.35. The van der Waals surface area contributed by atoms with Gasteiger partial charge in [-0.2, -0.15) is 5.10 Å². The van der Waals surface area contributed by atoms with Gasteiger partial charge in [0.15, 0.2) is 5.69 Å². The fourth-order valence-electron chi connectivity index (χ4n) is 2.89. The number of carbonyl (C=O) groups excluding carboxylic acids is 2. The third-order valence-electron chi connectivity index (χ3n) is 4.53. The van der Waals surface area contributed by atoms with E-state index in [-0.39, 0.29) is 11.8 Å². The van der Waals surface area contributed by atoms with Gasteiger partial charge in [-0.25, -0.2) is 0 Å². The van der Waals surface area contributed by atoms with Crippen LogP contribution in [0.1, 0.15) is 40.6 Å². The van der Waals surface area contributed by atoms with Crippen molar-refractivity contribution in [2.24, 2.45) is 13.0 Å². The van der Waals surface area contributed by atoms with E-state index in [1.165, 1.54) is 4.68 Å². The Bertz CT molecular complexity index is 794. The van der Waals surface area contributed by atoms with Gasteiger partial charge in [0, 0.05) is 26.2 Å². The van der Waals surface area contributed by atoms with Crippen LogP contribution in [0.3, 0.4) is 0 Å². The molecule has 0 spiro atoms. The highest BCUT2D eigenvalue weighted by molar-refractivity contribution is 6.34. The van der Waals surface area contributed by atoms with Gasteiger partial charge in [0.25, 0.3) is 11.8 Å². The molecule has 3 rings (SSSR count). The first-order chi connectivity index (χ1) is 12.0. The van der Waals surface area contributed by atoms with E-state index < -0.39 is 0 Å². The molecule has 1 fully saturated rings. The molecule has 0 atom stereocenters. The fourth-order valence-corrected chi connectivity index (χ4v) is 3.11. The van der Waals surface area contributed by atoms with Crippen molar-refractivity contribution in [1.82, 2.24) is 14.7 Å². The van der Waals surface area contributed by atoms with Gasteiger partial charge in [-0.15, -0.1) is 0 Å². The van der Waals surface area contributed by atoms with Crippen molar-refractivity contribution in [1.29, 1.82) is 0 Å². The molecule has 0 radical (unpaired) electrons. The minimum Gasteiger partial charge on any atom is -0.337 e. The number of nitrogens with one attached hydrogen (secondary N) is 1. The van der Waals surface area contributed by atoms with Crippen LogP contribution in [-0.4, -0.2) is 39.6 Å². The maximum absolute atomic E-state index is 12.6. The third kappa shape index (κ3) is 3.85. The maximum atomic E-state index is 12.6. The van der Waals surface area contributed by atoms with Gasteiger partial charge in [0.05, 0.1) is 10.6 Å². The summed E-state index contributed by atoms with van der Waals surface area (Å²) in [5.41, 5.74) is 0.717. The van der Waals surface area contributed by atoms with E-state index in [1.54, 1.807) is 37.4 Å². The standard InChI is InChI=1S/C18H21ClN4O2/c1-12-7-9-23(10-8-12)18(25)15-11-16(22(2)21-15)20-17(24)13-5-3-4-6-14(13)19/h3-6,11-12H,7-10H2,1-2H3,(H,20,24). The Labute approximate surface area is 151 Å². The average Bonchev–Trinajstić information content (AvgIpc) is 2.96. The SMILES string of the molecule is CC1CCN(C(=O)c2cc(NC(=O)c3ccccc3Cl)n(C)n2)CC1. The van der Waals surface area contributed by atoms with Crippen LogP contribution in [0, 0.1) is 5.92 Å². The number of aromatic nitrogens is 2. The number of nitrogens with zero attached hydrogens (tertiary/aromatic N) is 3. The minimum absolute atomic E-state index is 0.0965. The molecule has 1 N–H and O–H groups in total. The number of benzene rings is 1. The predicted molar refractivity (Wildman–Crippen MR) is 96.9 cm³/mol. The molecular weight excluding hydrogens is 340 g/mol. The largest absolute Gasteiger partial charge is 0.337 e. The molecule has 6 nitrogen and oxygen atoms in total. The number of hydrogen-bond acceptors (Lipinski definition) is 3. The van der Waals surface area contributed by atoms with Crippen LogP contribution >= 0.6 is 11.6 Å². The Morgan fingerprint density at radius 3 is 2.60 bits per heavy atom. The zero-order chi connectivity index (χ0) is 18.0. The maximum Gasteiger partial charge on any atom is 0.274 e. The summed E-state index contributed by atoms with van der Waals surface area (Å²) in [5, 5.41) is 7.39. The quantitative estimate of drug-likeness (QED) is 0.914. The summed E-state index contributed by atoms with van der Waals surface area (Å²) < 4.78 is 1.49. The summed E-state index contributed by atoms with van der Waals surface area (Å²) in [7, 11) is 1.69. The van der Waals surface area contributed by atoms with Crippen molar-refractivity contribution in [2.75, 3.05) is 18.4 Å². The van der Waals surface area contributed by atoms with Crippen molar-refractivity contribution in [2.45, 2.75) is 19.8 Å². The van der Waals surface area contributed by atoms with Gasteiger partial charge in [0.1, 0.15) is 5.82 Å². The number of likely N-dealkylation sites (tertiary alicyclic amines) is 1. The lowest BCUT2D eigenvalue weighted by Gasteiger charge is -2.29. The smallest absolute Gasteiger partial charge is 0.274 e. The number of anilines is 1. The van der Waals surface area contributed by atoms with E-state index in [2.05, 4.69) is 17.3 Å². The lowest BCUT2D eigenvalue weighted by atomic mass is 9.99. The van der Waals surface area contributed by atoms with Crippen LogP contribution in [0.4, 0.5) is 5.82 Å². The zero-order valence-electron chi connectivity index (χ0n) is 14.3. The molecule has 2 amide bonds. The Balaban J connectivity index is 1.73. The van der Waals surface area contributed by atoms with E-state index >= 15 is 0 Å². The van der Waals surface area contributed by atoms with E-state index in [1.807, 2.05) is 4.90 Å². The zero-order valence-corrected chi connectivity index (χ0v) is 15.1. The molecule has 0 bridgehead atoms. The Morgan fingerprint density at radius 2 is 1.92 bits per heavy atom. The molecule has 1 aromatic heterocycles. The first-order valence-corrected chi connectivity index (χ1v) is 8.72. The Hall–Kier alpha value is -2.34. The number of rotatable bonds is 3. The summed E-state index contributed by atoms with van der Waals surface area (Å²) in [6, 6.07) is 8.42. The van der Waals surface area contributed by atoms with E-state index in [0.717, 1.165) is 25.9 Å². The number of hydrogen-bond donors (Lipinski definition) is 1. The molecule has 2 aromatic rings. The molecule has 1 saturated heterocycles. The number of piperidine rings is 1. The Morgan fingerprint density at radius 1 is 1.24 bits per heavy atom. The highest BCUT2D eigenvalue weighted by Gasteiger charge is 2.24. The monoisotopic (exact) mass is 360 g/mol. The van der Waals surface area contributed by atoms with Crippen LogP contribution < -0.4 is 5.32 Å². The van der Waals surface area contributed by atoms with Crippen molar-refractivity contribution >= 4 is 29.2 Å². The summed E-state index contributed by atoms with van der Waals surface area (Å²) in [6.07, 6.45) is 2.02. The number of halogens is 1. The van der Waals surface area contributed by atoms with Gasteiger partial charge in [0.2, 0.25) is 0 Å². The second kappa shape index (κ2) is 7.27. The van der Waals surface area contributed by atoms with Gasteiger partial charge in [-0.3, -0.25) is 14.3 Å². The topological polar surface area (TPSA) is 67.2 Å². The molecule has 25 heavy (non-hydrogen) atoms. The summed E-state index contributed by atoms with van der Waals surface area (Å²) in [5.74, 6) is 0.678. The van der Waals surface area contributed by atoms with Crippen LogP contribution in [0.5, 0.6) is 0 Å². The number of aryl methyl sites for hydroxylation is 1. The van der Waals surface area contributed by atoms with Crippen molar-refractivity contribution in [3.63, 3.8) is 0 Å². The van der Waals surface area contributed by atoms with E-state index in [0.29, 0.717) is 28.0 Å². The number of amides is 2. The number of carbonyl (C=O) groups is 2. The van der Waals surface area contributed by atoms with Crippen LogP contribution in [0.15, 0.2) is 30.3 Å². The lowest BCUT2D eigenvalue weighted by Crippen LogP contribution is -2.38. The Kier molecular flexibility index (Phi) is 5.08. The molecule has 1 aromatic carbocycles. The van der Waals surface area contributed by atoms with Gasteiger partial charge in [-0.05, 0) is 30.9 Å². The highest BCUT2D eigenvalue weighted by atomic mass is 35.5. The summed E-state index contributed by atoms with van der Waals surface area (Å²) in [6.45, 7) is 3.70. The third-order valence-corrected chi connectivity index (χ3v) is 4.86. The van der Waals surface area contributed by atoms with Crippen molar-refractivity contribution < 1.29 is 9.59 Å². The van der Waals surface area contributed by atoms with Gasteiger partial charge >= 0.3 is 0 Å². The normalized spacial score (nSPS) is 15.2. The molecule has 1 aliphatic heterocycles. The average molecular weight is 361 g/mol. The van der Waals surface area contributed by atoms with Crippen LogP contribution in [0.2, 0.25) is 5.02 Å². The minimum atomic E-state index is -0.334. The van der Waals surface area contributed by atoms with Gasteiger partial charge < -0.3 is 10.2 Å². The molecule has 132 valence electrons. The van der Waals surface area contributed by atoms with E-state index in [4.69, 9.17) is 11.6 Å². The van der Waals surface area contributed by atoms with Gasteiger partial charge in [-0.1, -0.05) is 30.7 Å². The molecule has 7 heteroatoms. The van der Waals surface area contributed by atoms with Crippen LogP contribution in [0.25, 0.3) is 0 Å². The van der Waals surface area contributed by atoms with Crippen molar-refractivity contribution in [3.05, 3.63) is 46.6 Å². The second-order valence-electron chi connectivity index (χ2n) is 6.45. The van der Waals surface area contributed by atoms with E-state index in [9.17, 15) is 9.59 Å². The summed E-state index contributed by atoms with van der Waals surface area (Å²) >= 11 is 6.05. The molecule has 0 saturated carbocycles. The molecule has 0 aliphatic carbocycles. The second-order valence-corrected chi connectivity index (χ2v) is 6.85. The predicted octanol–water partition coefficient (Wildman–Crippen LogP) is 3.20. The molecule has 2 heterocycles. The molecule has 0 unspecified atom stereocenters. The van der Waals surface area contributed by atoms with Crippen molar-refractivity contribution in [3.8, 4) is 0 Å². The molecular formula is C18H21ClN4O2. The highest BCUT2D eigenvalue weighted by Crippen LogP contribution is 2.20. The molecule has 1 aliphatic rings.